The second kappa shape index (κ2) is 5.18. The van der Waals surface area contributed by atoms with Crippen LogP contribution in [0.1, 0.15) is 37.7 Å². The number of alkyl halides is 3. The van der Waals surface area contributed by atoms with Gasteiger partial charge in [0.1, 0.15) is 5.75 Å². The number of fused-ring (bicyclic) bond motifs is 2. The van der Waals surface area contributed by atoms with Crippen LogP contribution in [0.2, 0.25) is 0 Å². The second-order valence-electron chi connectivity index (χ2n) is 5.98. The molecule has 0 saturated carbocycles. The third-order valence-electron chi connectivity index (χ3n) is 4.36. The molecule has 0 aromatic heterocycles. The van der Waals surface area contributed by atoms with Crippen molar-refractivity contribution in [1.82, 2.24) is 5.32 Å². The quantitative estimate of drug-likeness (QED) is 0.882. The minimum absolute atomic E-state index is 0.154. The van der Waals surface area contributed by atoms with E-state index in [2.05, 4.69) is 10.1 Å². The molecule has 6 heteroatoms. The molecule has 2 aliphatic rings. The number of para-hydroxylation sites is 1. The maximum absolute atomic E-state index is 12.5. The Balaban J connectivity index is 1.92. The van der Waals surface area contributed by atoms with Gasteiger partial charge in [-0.2, -0.15) is 0 Å². The molecule has 21 heavy (non-hydrogen) atoms. The van der Waals surface area contributed by atoms with Gasteiger partial charge in [0.25, 0.3) is 0 Å². The smallest absolute Gasteiger partial charge is 0.405 e. The van der Waals surface area contributed by atoms with E-state index in [1.165, 1.54) is 18.2 Å². The van der Waals surface area contributed by atoms with Crippen molar-refractivity contribution >= 4 is 0 Å². The molecule has 2 saturated heterocycles. The van der Waals surface area contributed by atoms with Gasteiger partial charge in [-0.15, -0.1) is 13.2 Å². The molecular weight excluding hydrogens is 283 g/mol. The van der Waals surface area contributed by atoms with Crippen LogP contribution in [0.25, 0.3) is 0 Å². The number of hydrogen-bond donors (Lipinski definition) is 2. The normalized spacial score (nSPS) is 32.8. The number of piperidine rings is 2. The average molecular weight is 301 g/mol. The van der Waals surface area contributed by atoms with Crippen molar-refractivity contribution in [1.29, 1.82) is 0 Å². The number of rotatable bonds is 2. The SMILES string of the molecule is OC1(c2ccccc2OC(F)(F)F)CC2CCCC(C1)N2. The number of nitrogens with one attached hydrogen (secondary N) is 1. The van der Waals surface area contributed by atoms with Crippen molar-refractivity contribution in [3.8, 4) is 5.75 Å². The molecule has 116 valence electrons. The summed E-state index contributed by atoms with van der Waals surface area (Å²) in [5.74, 6) is -0.299. The van der Waals surface area contributed by atoms with Gasteiger partial charge in [-0.25, -0.2) is 0 Å². The van der Waals surface area contributed by atoms with Gasteiger partial charge in [0, 0.05) is 17.6 Å². The molecule has 2 aliphatic heterocycles. The third kappa shape index (κ3) is 3.16. The largest absolute Gasteiger partial charge is 0.573 e. The fraction of sp³-hybridized carbons (Fsp3) is 0.600. The van der Waals surface area contributed by atoms with Crippen LogP contribution >= 0.6 is 0 Å². The Bertz CT molecular complexity index is 506. The molecule has 2 fully saturated rings. The fourth-order valence-electron chi connectivity index (χ4n) is 3.62. The highest BCUT2D eigenvalue weighted by atomic mass is 19.4. The molecule has 2 heterocycles. The lowest BCUT2D eigenvalue weighted by Crippen LogP contribution is -2.54. The van der Waals surface area contributed by atoms with Gasteiger partial charge < -0.3 is 15.2 Å². The topological polar surface area (TPSA) is 41.5 Å². The molecule has 2 bridgehead atoms. The summed E-state index contributed by atoms with van der Waals surface area (Å²) in [4.78, 5) is 0. The van der Waals surface area contributed by atoms with Crippen LogP contribution in [0, 0.1) is 0 Å². The summed E-state index contributed by atoms with van der Waals surface area (Å²) in [6.45, 7) is 0. The average Bonchev–Trinajstić information content (AvgIpc) is 2.36. The predicted octanol–water partition coefficient (Wildman–Crippen LogP) is 3.08. The van der Waals surface area contributed by atoms with Gasteiger partial charge in [0.05, 0.1) is 5.60 Å². The molecule has 0 radical (unpaired) electrons. The minimum Gasteiger partial charge on any atom is -0.405 e. The zero-order chi connectivity index (χ0) is 15.1. The van der Waals surface area contributed by atoms with Gasteiger partial charge in [0.2, 0.25) is 0 Å². The summed E-state index contributed by atoms with van der Waals surface area (Å²) >= 11 is 0. The molecule has 1 aromatic carbocycles. The summed E-state index contributed by atoms with van der Waals surface area (Å²) in [5.41, 5.74) is -1.02. The molecule has 0 spiro atoms. The Morgan fingerprint density at radius 1 is 1.14 bits per heavy atom. The lowest BCUT2D eigenvalue weighted by atomic mass is 9.73. The van der Waals surface area contributed by atoms with Gasteiger partial charge in [-0.05, 0) is 31.7 Å². The van der Waals surface area contributed by atoms with E-state index in [1.807, 2.05) is 0 Å². The van der Waals surface area contributed by atoms with Crippen LogP contribution in [0.5, 0.6) is 5.75 Å². The van der Waals surface area contributed by atoms with E-state index in [0.717, 1.165) is 19.3 Å². The van der Waals surface area contributed by atoms with Gasteiger partial charge >= 0.3 is 6.36 Å². The summed E-state index contributed by atoms with van der Waals surface area (Å²) in [5, 5.41) is 14.4. The second-order valence-corrected chi connectivity index (χ2v) is 5.98. The highest BCUT2D eigenvalue weighted by Crippen LogP contribution is 2.43. The third-order valence-corrected chi connectivity index (χ3v) is 4.36. The van der Waals surface area contributed by atoms with Gasteiger partial charge in [0.15, 0.2) is 0 Å². The molecule has 3 nitrogen and oxygen atoms in total. The molecule has 0 amide bonds. The van der Waals surface area contributed by atoms with Crippen LogP contribution in [0.4, 0.5) is 13.2 Å². The van der Waals surface area contributed by atoms with Crippen molar-refractivity contribution in [3.63, 3.8) is 0 Å². The van der Waals surface area contributed by atoms with Crippen molar-refractivity contribution in [2.24, 2.45) is 0 Å². The first-order chi connectivity index (χ1) is 9.86. The van der Waals surface area contributed by atoms with Crippen LogP contribution in [-0.2, 0) is 5.60 Å². The Labute approximate surface area is 121 Å². The highest BCUT2D eigenvalue weighted by Gasteiger charge is 2.44. The first-order valence-electron chi connectivity index (χ1n) is 7.19. The summed E-state index contributed by atoms with van der Waals surface area (Å²) in [7, 11) is 0. The maximum Gasteiger partial charge on any atom is 0.573 e. The van der Waals surface area contributed by atoms with E-state index >= 15 is 0 Å². The zero-order valence-corrected chi connectivity index (χ0v) is 11.5. The molecule has 0 aliphatic carbocycles. The van der Waals surface area contributed by atoms with E-state index < -0.39 is 12.0 Å². The molecule has 3 rings (SSSR count). The van der Waals surface area contributed by atoms with E-state index in [-0.39, 0.29) is 23.4 Å². The summed E-state index contributed by atoms with van der Waals surface area (Å²) in [6.07, 6.45) is -0.931. The number of ether oxygens (including phenoxy) is 1. The summed E-state index contributed by atoms with van der Waals surface area (Å²) < 4.78 is 41.7. The standard InChI is InChI=1S/C15H18F3NO2/c16-15(17,18)21-13-7-2-1-6-12(13)14(20)8-10-4-3-5-11(9-14)19-10/h1-2,6-7,10-11,19-20H,3-5,8-9H2. The highest BCUT2D eigenvalue weighted by molar-refractivity contribution is 5.39. The van der Waals surface area contributed by atoms with E-state index in [9.17, 15) is 18.3 Å². The maximum atomic E-state index is 12.5. The molecule has 2 unspecified atom stereocenters. The molecule has 2 N–H and O–H groups in total. The van der Waals surface area contributed by atoms with Crippen LogP contribution in [0.15, 0.2) is 24.3 Å². The number of aliphatic hydroxyl groups is 1. The van der Waals surface area contributed by atoms with E-state index in [1.54, 1.807) is 6.07 Å². The fourth-order valence-corrected chi connectivity index (χ4v) is 3.62. The van der Waals surface area contributed by atoms with Gasteiger partial charge in [-0.1, -0.05) is 24.6 Å². The van der Waals surface area contributed by atoms with Crippen molar-refractivity contribution < 1.29 is 23.0 Å². The van der Waals surface area contributed by atoms with Gasteiger partial charge in [-0.3, -0.25) is 0 Å². The minimum atomic E-state index is -4.75. The van der Waals surface area contributed by atoms with Crippen LogP contribution < -0.4 is 10.1 Å². The summed E-state index contributed by atoms with van der Waals surface area (Å²) in [6, 6.07) is 6.22. The Morgan fingerprint density at radius 3 is 2.38 bits per heavy atom. The predicted molar refractivity (Wildman–Crippen MR) is 70.8 cm³/mol. The van der Waals surface area contributed by atoms with E-state index in [0.29, 0.717) is 12.8 Å². The lowest BCUT2D eigenvalue weighted by Gasteiger charge is -2.45. The monoisotopic (exact) mass is 301 g/mol. The van der Waals surface area contributed by atoms with Crippen LogP contribution in [0.3, 0.4) is 0 Å². The Kier molecular flexibility index (Phi) is 3.61. The number of halogens is 3. The molecule has 1 aromatic rings. The first kappa shape index (κ1) is 14.7. The zero-order valence-electron chi connectivity index (χ0n) is 11.5. The number of benzene rings is 1. The van der Waals surface area contributed by atoms with Crippen molar-refractivity contribution in [3.05, 3.63) is 29.8 Å². The molecule has 2 atom stereocenters. The lowest BCUT2D eigenvalue weighted by molar-refractivity contribution is -0.275. The van der Waals surface area contributed by atoms with Crippen molar-refractivity contribution in [2.45, 2.75) is 56.2 Å². The van der Waals surface area contributed by atoms with Crippen molar-refractivity contribution in [2.75, 3.05) is 0 Å². The van der Waals surface area contributed by atoms with Crippen LogP contribution in [-0.4, -0.2) is 23.6 Å². The number of hydrogen-bond acceptors (Lipinski definition) is 3. The Hall–Kier alpha value is -1.27. The molecular formula is C15H18F3NO2. The first-order valence-corrected chi connectivity index (χ1v) is 7.19. The van der Waals surface area contributed by atoms with E-state index in [4.69, 9.17) is 0 Å². The Morgan fingerprint density at radius 2 is 1.76 bits per heavy atom.